The van der Waals surface area contributed by atoms with Gasteiger partial charge in [-0.3, -0.25) is 0 Å². The normalized spacial score (nSPS) is 16.6. The first kappa shape index (κ1) is 24.9. The highest BCUT2D eigenvalue weighted by molar-refractivity contribution is 6.34. The molecule has 0 spiro atoms. The number of aliphatic carboxylic acids is 1. The molecule has 35 heavy (non-hydrogen) atoms. The summed E-state index contributed by atoms with van der Waals surface area (Å²) in [5, 5.41) is 8.64. The Morgan fingerprint density at radius 2 is 2.00 bits per heavy atom. The van der Waals surface area contributed by atoms with Crippen molar-refractivity contribution in [3.8, 4) is 22.8 Å². The number of nitrogens with two attached hydrogens (primary N) is 1. The van der Waals surface area contributed by atoms with Crippen LogP contribution in [0, 0.1) is 18.6 Å². The number of hydrogen-bond donors (Lipinski definition) is 2. The SMILES string of the molecule is Cc1cnc(OCC(=O)O)c(F)c1-c1c(Cl)c(F)cc2c1CC(CCCCN)(c1ccccc1)O2. The number of carbonyl (C=O) groups is 1. The fourth-order valence-corrected chi connectivity index (χ4v) is 4.80. The molecule has 1 aromatic heterocycles. The smallest absolute Gasteiger partial charge is 0.341 e. The molecule has 2 aromatic carbocycles. The van der Waals surface area contributed by atoms with Gasteiger partial charge >= 0.3 is 5.97 Å². The first-order valence-corrected chi connectivity index (χ1v) is 11.6. The van der Waals surface area contributed by atoms with Crippen molar-refractivity contribution in [1.82, 2.24) is 4.98 Å². The number of aromatic nitrogens is 1. The summed E-state index contributed by atoms with van der Waals surface area (Å²) in [5.74, 6) is -3.17. The van der Waals surface area contributed by atoms with Crippen molar-refractivity contribution in [2.24, 2.45) is 5.73 Å². The van der Waals surface area contributed by atoms with Crippen LogP contribution in [-0.4, -0.2) is 29.2 Å². The van der Waals surface area contributed by atoms with Gasteiger partial charge in [0.25, 0.3) is 5.88 Å². The number of carboxylic acids is 1. The van der Waals surface area contributed by atoms with E-state index in [0.29, 0.717) is 30.5 Å². The number of fused-ring (bicyclic) bond motifs is 1. The van der Waals surface area contributed by atoms with Crippen molar-refractivity contribution >= 4 is 17.6 Å². The molecule has 0 bridgehead atoms. The van der Waals surface area contributed by atoms with E-state index in [1.165, 1.54) is 12.3 Å². The van der Waals surface area contributed by atoms with Crippen LogP contribution < -0.4 is 15.2 Å². The van der Waals surface area contributed by atoms with Crippen molar-refractivity contribution in [2.45, 2.75) is 38.2 Å². The molecule has 3 aromatic rings. The Hall–Kier alpha value is -3.23. The highest BCUT2D eigenvalue weighted by Crippen LogP contribution is 2.51. The molecule has 1 atom stereocenters. The molecule has 3 N–H and O–H groups in total. The number of pyridine rings is 1. The van der Waals surface area contributed by atoms with Crippen molar-refractivity contribution in [3.63, 3.8) is 0 Å². The van der Waals surface area contributed by atoms with E-state index in [1.54, 1.807) is 6.92 Å². The van der Waals surface area contributed by atoms with Crippen LogP contribution in [0.3, 0.4) is 0 Å². The second-order valence-corrected chi connectivity index (χ2v) is 8.90. The highest BCUT2D eigenvalue weighted by Gasteiger charge is 2.43. The first-order chi connectivity index (χ1) is 16.8. The standard InChI is InChI=1S/C26H25ClF2N2O4/c1-15-13-31-25(34-14-20(32)33)24(29)21(15)22-17-12-26(9-5-6-10-30,16-7-3-2-4-8-16)35-19(17)11-18(28)23(22)27/h2-4,7-8,11,13H,5-6,9-10,12,14,30H2,1H3,(H,32,33). The lowest BCUT2D eigenvalue weighted by Gasteiger charge is -2.29. The number of benzene rings is 2. The molecule has 0 amide bonds. The molecule has 0 saturated carbocycles. The molecule has 184 valence electrons. The Bertz CT molecular complexity index is 1260. The summed E-state index contributed by atoms with van der Waals surface area (Å²) >= 11 is 6.43. The Morgan fingerprint density at radius 3 is 2.69 bits per heavy atom. The zero-order chi connectivity index (χ0) is 25.2. The van der Waals surface area contributed by atoms with Gasteiger partial charge in [-0.1, -0.05) is 41.9 Å². The number of unbranched alkanes of at least 4 members (excludes halogenated alkanes) is 1. The maximum absolute atomic E-state index is 15.6. The predicted molar refractivity (Wildman–Crippen MR) is 128 cm³/mol. The molecule has 0 radical (unpaired) electrons. The Morgan fingerprint density at radius 1 is 1.26 bits per heavy atom. The monoisotopic (exact) mass is 502 g/mol. The zero-order valence-electron chi connectivity index (χ0n) is 19.1. The third kappa shape index (κ3) is 4.81. The average Bonchev–Trinajstić information content (AvgIpc) is 3.20. The number of nitrogens with zero attached hydrogens (tertiary/aromatic N) is 1. The van der Waals surface area contributed by atoms with Crippen molar-refractivity contribution < 1.29 is 28.2 Å². The highest BCUT2D eigenvalue weighted by atomic mass is 35.5. The van der Waals surface area contributed by atoms with Crippen molar-refractivity contribution in [2.75, 3.05) is 13.2 Å². The van der Waals surface area contributed by atoms with E-state index in [2.05, 4.69) is 4.98 Å². The Kier molecular flexibility index (Phi) is 7.23. The minimum Gasteiger partial charge on any atom is -0.482 e. The molecule has 1 unspecified atom stereocenters. The van der Waals surface area contributed by atoms with Gasteiger partial charge < -0.3 is 20.3 Å². The van der Waals surface area contributed by atoms with Crippen LogP contribution in [0.2, 0.25) is 5.02 Å². The molecular formula is C26H25ClF2N2O4. The lowest BCUT2D eigenvalue weighted by atomic mass is 9.82. The Labute approximate surface area is 206 Å². The van der Waals surface area contributed by atoms with Gasteiger partial charge in [0.15, 0.2) is 12.4 Å². The first-order valence-electron chi connectivity index (χ1n) is 11.2. The summed E-state index contributed by atoms with van der Waals surface area (Å²) in [5.41, 5.74) is 6.91. The molecular weight excluding hydrogens is 478 g/mol. The van der Waals surface area contributed by atoms with E-state index in [9.17, 15) is 4.79 Å². The second-order valence-electron chi connectivity index (χ2n) is 8.53. The molecule has 0 aliphatic carbocycles. The van der Waals surface area contributed by atoms with Crippen LogP contribution in [0.15, 0.2) is 42.6 Å². The summed E-state index contributed by atoms with van der Waals surface area (Å²) in [6, 6.07) is 10.8. The average molecular weight is 503 g/mol. The van der Waals surface area contributed by atoms with Gasteiger partial charge in [0.1, 0.15) is 17.2 Å². The van der Waals surface area contributed by atoms with Crippen LogP contribution >= 0.6 is 11.6 Å². The summed E-state index contributed by atoms with van der Waals surface area (Å²) in [4.78, 5) is 14.8. The van der Waals surface area contributed by atoms with E-state index >= 15 is 8.78 Å². The van der Waals surface area contributed by atoms with Crippen LogP contribution in [0.5, 0.6) is 11.6 Å². The Balaban J connectivity index is 1.87. The predicted octanol–water partition coefficient (Wildman–Crippen LogP) is 5.41. The molecule has 2 heterocycles. The summed E-state index contributed by atoms with van der Waals surface area (Å²) in [6.07, 6.45) is 3.86. The van der Waals surface area contributed by atoms with Crippen LogP contribution in [-0.2, 0) is 16.8 Å². The molecule has 9 heteroatoms. The van der Waals surface area contributed by atoms with Gasteiger partial charge in [0, 0.05) is 35.4 Å². The van der Waals surface area contributed by atoms with Crippen LogP contribution in [0.1, 0.15) is 36.0 Å². The van der Waals surface area contributed by atoms with Crippen molar-refractivity contribution in [1.29, 1.82) is 0 Å². The number of halogens is 3. The van der Waals surface area contributed by atoms with E-state index in [-0.39, 0.29) is 21.9 Å². The van der Waals surface area contributed by atoms with Gasteiger partial charge in [-0.25, -0.2) is 18.6 Å². The largest absolute Gasteiger partial charge is 0.482 e. The van der Waals surface area contributed by atoms with Crippen LogP contribution in [0.4, 0.5) is 8.78 Å². The van der Waals surface area contributed by atoms with Gasteiger partial charge in [-0.15, -0.1) is 0 Å². The lowest BCUT2D eigenvalue weighted by Crippen LogP contribution is -2.31. The lowest BCUT2D eigenvalue weighted by molar-refractivity contribution is -0.139. The minimum atomic E-state index is -1.28. The van der Waals surface area contributed by atoms with Gasteiger partial charge in [0.2, 0.25) is 0 Å². The zero-order valence-corrected chi connectivity index (χ0v) is 19.9. The molecule has 0 saturated heterocycles. The van der Waals surface area contributed by atoms with E-state index in [1.807, 2.05) is 30.3 Å². The molecule has 0 fully saturated rings. The van der Waals surface area contributed by atoms with Crippen LogP contribution in [0.25, 0.3) is 11.1 Å². The number of hydrogen-bond acceptors (Lipinski definition) is 5. The van der Waals surface area contributed by atoms with Gasteiger partial charge in [-0.2, -0.15) is 0 Å². The fourth-order valence-electron chi connectivity index (χ4n) is 4.54. The molecule has 4 rings (SSSR count). The second kappa shape index (κ2) is 10.2. The molecule has 1 aliphatic heterocycles. The maximum atomic E-state index is 15.6. The third-order valence-electron chi connectivity index (χ3n) is 6.15. The number of carboxylic acid groups (broad SMARTS) is 1. The molecule has 1 aliphatic rings. The summed E-state index contributed by atoms with van der Waals surface area (Å²) in [7, 11) is 0. The molecule has 6 nitrogen and oxygen atoms in total. The minimum absolute atomic E-state index is 0.00411. The maximum Gasteiger partial charge on any atom is 0.341 e. The fraction of sp³-hybridized carbons (Fsp3) is 0.308. The third-order valence-corrected chi connectivity index (χ3v) is 6.52. The van der Waals surface area contributed by atoms with E-state index < -0.39 is 35.7 Å². The van der Waals surface area contributed by atoms with E-state index in [0.717, 1.165) is 18.4 Å². The topological polar surface area (TPSA) is 94.7 Å². The number of aryl methyl sites for hydroxylation is 1. The van der Waals surface area contributed by atoms with Crippen molar-refractivity contribution in [3.05, 3.63) is 75.9 Å². The summed E-state index contributed by atoms with van der Waals surface area (Å²) in [6.45, 7) is 1.37. The van der Waals surface area contributed by atoms with E-state index in [4.69, 9.17) is 31.9 Å². The summed E-state index contributed by atoms with van der Waals surface area (Å²) < 4.78 is 42.1. The van der Waals surface area contributed by atoms with Gasteiger partial charge in [-0.05, 0) is 43.9 Å². The van der Waals surface area contributed by atoms with Gasteiger partial charge in [0.05, 0.1) is 5.02 Å². The number of rotatable bonds is 9. The number of ether oxygens (including phenoxy) is 2. The quantitative estimate of drug-likeness (QED) is 0.380.